The molecule has 0 heterocycles. The van der Waals surface area contributed by atoms with E-state index in [4.69, 9.17) is 0 Å². The summed E-state index contributed by atoms with van der Waals surface area (Å²) in [6.07, 6.45) is 1.91. The molecular formula is C13H19BrN2. The van der Waals surface area contributed by atoms with Gasteiger partial charge in [-0.15, -0.1) is 6.58 Å². The second kappa shape index (κ2) is 6.06. The van der Waals surface area contributed by atoms with Crippen LogP contribution in [0, 0.1) is 0 Å². The Kier molecular flexibility index (Phi) is 5.03. The van der Waals surface area contributed by atoms with E-state index in [1.165, 1.54) is 11.3 Å². The fourth-order valence-electron chi connectivity index (χ4n) is 1.67. The Morgan fingerprint density at radius 3 is 2.81 bits per heavy atom. The molecule has 0 aliphatic rings. The topological polar surface area (TPSA) is 15.3 Å². The van der Waals surface area contributed by atoms with Crippen molar-refractivity contribution in [3.05, 3.63) is 40.9 Å². The highest BCUT2D eigenvalue weighted by Gasteiger charge is 2.11. The minimum Gasteiger partial charge on any atom is -0.371 e. The molecule has 1 unspecified atom stereocenters. The molecule has 3 heteroatoms. The fourth-order valence-corrected chi connectivity index (χ4v) is 2.05. The lowest BCUT2D eigenvalue weighted by atomic mass is 10.1. The van der Waals surface area contributed by atoms with Gasteiger partial charge in [0.1, 0.15) is 0 Å². The molecule has 2 nitrogen and oxygen atoms in total. The molecule has 1 N–H and O–H groups in total. The summed E-state index contributed by atoms with van der Waals surface area (Å²) in [5.74, 6) is 0. The monoisotopic (exact) mass is 282 g/mol. The molecule has 1 atom stereocenters. The number of nitrogens with zero attached hydrogens (tertiary/aromatic N) is 1. The molecule has 0 aliphatic carbocycles. The molecule has 0 aliphatic heterocycles. The largest absolute Gasteiger partial charge is 0.371 e. The van der Waals surface area contributed by atoms with Crippen molar-refractivity contribution >= 4 is 21.6 Å². The summed E-state index contributed by atoms with van der Waals surface area (Å²) in [7, 11) is 4.06. The van der Waals surface area contributed by atoms with Crippen LogP contribution < -0.4 is 10.2 Å². The summed E-state index contributed by atoms with van der Waals surface area (Å²) >= 11 is 3.52. The number of nitrogens with one attached hydrogen (secondary N) is 1. The molecule has 0 saturated carbocycles. The van der Waals surface area contributed by atoms with Crippen LogP contribution >= 0.6 is 15.9 Å². The molecule has 1 aromatic carbocycles. The van der Waals surface area contributed by atoms with E-state index < -0.39 is 0 Å². The number of hydrogen-bond acceptors (Lipinski definition) is 2. The van der Waals surface area contributed by atoms with E-state index in [2.05, 4.69) is 64.9 Å². The number of anilines is 1. The highest BCUT2D eigenvalue weighted by atomic mass is 79.9. The van der Waals surface area contributed by atoms with Crippen molar-refractivity contribution in [3.8, 4) is 0 Å². The lowest BCUT2D eigenvalue weighted by Crippen LogP contribution is -2.21. The van der Waals surface area contributed by atoms with Crippen LogP contribution in [-0.2, 0) is 0 Å². The van der Waals surface area contributed by atoms with Crippen molar-refractivity contribution in [3.63, 3.8) is 0 Å². The second-order valence-electron chi connectivity index (χ2n) is 3.88. The number of halogens is 1. The number of rotatable bonds is 5. The van der Waals surface area contributed by atoms with E-state index in [0.29, 0.717) is 6.04 Å². The van der Waals surface area contributed by atoms with Gasteiger partial charge in [0.25, 0.3) is 0 Å². The molecule has 1 rings (SSSR count). The van der Waals surface area contributed by atoms with Crippen LogP contribution in [0.4, 0.5) is 5.69 Å². The summed E-state index contributed by atoms with van der Waals surface area (Å²) in [6, 6.07) is 6.70. The third-order valence-electron chi connectivity index (χ3n) is 2.70. The Hall–Kier alpha value is -0.800. The first-order valence-corrected chi connectivity index (χ1v) is 6.18. The number of hydrogen-bond donors (Lipinski definition) is 1. The highest BCUT2D eigenvalue weighted by molar-refractivity contribution is 9.10. The maximum atomic E-state index is 3.77. The van der Waals surface area contributed by atoms with Gasteiger partial charge in [-0.3, -0.25) is 0 Å². The summed E-state index contributed by atoms with van der Waals surface area (Å²) in [5, 5.41) is 3.27. The zero-order valence-electron chi connectivity index (χ0n) is 10.1. The van der Waals surface area contributed by atoms with Gasteiger partial charge in [-0.05, 0) is 37.7 Å². The molecule has 0 radical (unpaired) electrons. The van der Waals surface area contributed by atoms with Gasteiger partial charge in [-0.25, -0.2) is 0 Å². The van der Waals surface area contributed by atoms with Gasteiger partial charge in [-0.2, -0.15) is 0 Å². The SMILES string of the molecule is C=CCN(C)c1ccc(Br)cc1C(C)NC. The lowest BCUT2D eigenvalue weighted by Gasteiger charge is -2.24. The van der Waals surface area contributed by atoms with Crippen LogP contribution in [0.1, 0.15) is 18.5 Å². The van der Waals surface area contributed by atoms with Gasteiger partial charge in [0.15, 0.2) is 0 Å². The maximum Gasteiger partial charge on any atom is 0.0415 e. The quantitative estimate of drug-likeness (QED) is 0.834. The van der Waals surface area contributed by atoms with Crippen molar-refractivity contribution in [1.29, 1.82) is 0 Å². The zero-order valence-corrected chi connectivity index (χ0v) is 11.7. The molecule has 0 saturated heterocycles. The van der Waals surface area contributed by atoms with Gasteiger partial charge < -0.3 is 10.2 Å². The average molecular weight is 283 g/mol. The van der Waals surface area contributed by atoms with Gasteiger partial charge in [0.2, 0.25) is 0 Å². The van der Waals surface area contributed by atoms with Crippen molar-refractivity contribution in [2.45, 2.75) is 13.0 Å². The Bertz CT molecular complexity index is 363. The molecule has 0 bridgehead atoms. The fraction of sp³-hybridized carbons (Fsp3) is 0.385. The number of likely N-dealkylation sites (N-methyl/N-ethyl adjacent to an activating group) is 1. The van der Waals surface area contributed by atoms with Gasteiger partial charge in [-0.1, -0.05) is 22.0 Å². The van der Waals surface area contributed by atoms with E-state index in [9.17, 15) is 0 Å². The first-order chi connectivity index (χ1) is 7.60. The minimum absolute atomic E-state index is 0.333. The Labute approximate surface area is 106 Å². The molecule has 0 spiro atoms. The average Bonchev–Trinajstić information content (AvgIpc) is 2.28. The summed E-state index contributed by atoms with van der Waals surface area (Å²) < 4.78 is 1.11. The first kappa shape index (κ1) is 13.3. The molecule has 88 valence electrons. The van der Waals surface area contributed by atoms with Crippen molar-refractivity contribution in [2.75, 3.05) is 25.5 Å². The third kappa shape index (κ3) is 3.09. The maximum absolute atomic E-state index is 3.77. The second-order valence-corrected chi connectivity index (χ2v) is 4.80. The van der Waals surface area contributed by atoms with E-state index >= 15 is 0 Å². The van der Waals surface area contributed by atoms with Crippen LogP contribution in [0.3, 0.4) is 0 Å². The van der Waals surface area contributed by atoms with E-state index in [0.717, 1.165) is 11.0 Å². The Morgan fingerprint density at radius 1 is 1.56 bits per heavy atom. The third-order valence-corrected chi connectivity index (χ3v) is 3.20. The lowest BCUT2D eigenvalue weighted by molar-refractivity contribution is 0.650. The Morgan fingerprint density at radius 2 is 2.25 bits per heavy atom. The van der Waals surface area contributed by atoms with Crippen molar-refractivity contribution < 1.29 is 0 Å². The standard InChI is InChI=1S/C13H19BrN2/c1-5-8-16(4)13-7-6-11(14)9-12(13)10(2)15-3/h5-7,9-10,15H,1,8H2,2-4H3. The van der Waals surface area contributed by atoms with Crippen molar-refractivity contribution in [2.24, 2.45) is 0 Å². The van der Waals surface area contributed by atoms with E-state index in [1.807, 2.05) is 13.1 Å². The summed E-state index contributed by atoms with van der Waals surface area (Å²) in [5.41, 5.74) is 2.53. The normalized spacial score (nSPS) is 12.2. The Balaban J connectivity index is 3.11. The molecule has 0 amide bonds. The highest BCUT2D eigenvalue weighted by Crippen LogP contribution is 2.28. The first-order valence-electron chi connectivity index (χ1n) is 5.39. The van der Waals surface area contributed by atoms with Gasteiger partial charge in [0.05, 0.1) is 0 Å². The molecular weight excluding hydrogens is 264 g/mol. The van der Waals surface area contributed by atoms with Crippen LogP contribution in [-0.4, -0.2) is 20.6 Å². The summed E-state index contributed by atoms with van der Waals surface area (Å²) in [6.45, 7) is 6.78. The van der Waals surface area contributed by atoms with Crippen LogP contribution in [0.15, 0.2) is 35.3 Å². The molecule has 0 fully saturated rings. The predicted octanol–water partition coefficient (Wildman–Crippen LogP) is 3.35. The number of benzene rings is 1. The van der Waals surface area contributed by atoms with Gasteiger partial charge in [0, 0.05) is 29.8 Å². The van der Waals surface area contributed by atoms with Crippen LogP contribution in [0.5, 0.6) is 0 Å². The van der Waals surface area contributed by atoms with Crippen LogP contribution in [0.25, 0.3) is 0 Å². The van der Waals surface area contributed by atoms with Crippen LogP contribution in [0.2, 0.25) is 0 Å². The zero-order chi connectivity index (χ0) is 12.1. The van der Waals surface area contributed by atoms with E-state index in [-0.39, 0.29) is 0 Å². The predicted molar refractivity (Wildman–Crippen MR) is 75.1 cm³/mol. The minimum atomic E-state index is 0.333. The van der Waals surface area contributed by atoms with Crippen molar-refractivity contribution in [1.82, 2.24) is 5.32 Å². The smallest absolute Gasteiger partial charge is 0.0415 e. The summed E-state index contributed by atoms with van der Waals surface area (Å²) in [4.78, 5) is 2.20. The van der Waals surface area contributed by atoms with E-state index in [1.54, 1.807) is 0 Å². The molecule has 0 aromatic heterocycles. The molecule has 1 aromatic rings. The van der Waals surface area contributed by atoms with Gasteiger partial charge >= 0.3 is 0 Å². The molecule has 16 heavy (non-hydrogen) atoms.